The van der Waals surface area contributed by atoms with Gasteiger partial charge in [-0.15, -0.1) is 11.8 Å². The zero-order valence-electron chi connectivity index (χ0n) is 8.60. The van der Waals surface area contributed by atoms with E-state index >= 15 is 0 Å². The van der Waals surface area contributed by atoms with Crippen LogP contribution in [0.25, 0.3) is 0 Å². The molecule has 0 unspecified atom stereocenters. The fourth-order valence-corrected chi connectivity index (χ4v) is 2.02. The molecule has 2 rings (SSSR count). The van der Waals surface area contributed by atoms with E-state index in [9.17, 15) is 4.79 Å². The predicted octanol–water partition coefficient (Wildman–Crippen LogP) is 1.77. The summed E-state index contributed by atoms with van der Waals surface area (Å²) < 4.78 is 5.09. The lowest BCUT2D eigenvalue weighted by Crippen LogP contribution is -2.41. The van der Waals surface area contributed by atoms with Crippen LogP contribution in [0.5, 0.6) is 0 Å². The van der Waals surface area contributed by atoms with E-state index in [2.05, 4.69) is 0 Å². The Balaban J connectivity index is 2.23. The van der Waals surface area contributed by atoms with Crippen LogP contribution < -0.4 is 4.90 Å². The molecule has 1 heterocycles. The maximum absolute atomic E-state index is 11.6. The minimum absolute atomic E-state index is 0.0412. The number of thioether (sulfide) groups is 1. The smallest absolute Gasteiger partial charge is 0.253 e. The summed E-state index contributed by atoms with van der Waals surface area (Å²) in [5, 5.41) is 0. The zero-order chi connectivity index (χ0) is 10.7. The number of carbonyl (C=O) groups is 1. The van der Waals surface area contributed by atoms with Gasteiger partial charge < -0.3 is 9.64 Å². The third-order valence-corrected chi connectivity index (χ3v) is 3.08. The largest absolute Gasteiger partial charge is 0.370 e. The maximum Gasteiger partial charge on any atom is 0.253 e. The second-order valence-electron chi connectivity index (χ2n) is 3.30. The van der Waals surface area contributed by atoms with Crippen molar-refractivity contribution in [3.63, 3.8) is 0 Å². The summed E-state index contributed by atoms with van der Waals surface area (Å²) in [6.45, 7) is 1.47. The lowest BCUT2D eigenvalue weighted by Gasteiger charge is -2.27. The topological polar surface area (TPSA) is 29.5 Å². The Morgan fingerprint density at radius 2 is 2.33 bits per heavy atom. The Bertz CT molecular complexity index is 367. The number of morpholine rings is 1. The van der Waals surface area contributed by atoms with Crippen molar-refractivity contribution in [2.45, 2.75) is 4.90 Å². The van der Waals surface area contributed by atoms with E-state index in [1.54, 1.807) is 16.7 Å². The number of anilines is 1. The molecule has 0 aliphatic carbocycles. The van der Waals surface area contributed by atoms with Crippen molar-refractivity contribution in [2.24, 2.45) is 0 Å². The fraction of sp³-hybridized carbons (Fsp3) is 0.364. The molecule has 0 saturated carbocycles. The number of rotatable bonds is 2. The molecule has 0 bridgehead atoms. The number of benzene rings is 1. The molecule has 1 saturated heterocycles. The van der Waals surface area contributed by atoms with Gasteiger partial charge in [-0.2, -0.15) is 0 Å². The van der Waals surface area contributed by atoms with Gasteiger partial charge in [0.1, 0.15) is 6.61 Å². The van der Waals surface area contributed by atoms with E-state index in [0.29, 0.717) is 13.2 Å². The normalized spacial score (nSPS) is 16.9. The van der Waals surface area contributed by atoms with Crippen LogP contribution in [0.2, 0.25) is 0 Å². The van der Waals surface area contributed by atoms with Crippen molar-refractivity contribution in [1.29, 1.82) is 0 Å². The van der Waals surface area contributed by atoms with Crippen LogP contribution in [0.4, 0.5) is 5.69 Å². The van der Waals surface area contributed by atoms with Gasteiger partial charge >= 0.3 is 0 Å². The fourth-order valence-electron chi connectivity index (χ4n) is 1.57. The van der Waals surface area contributed by atoms with E-state index in [4.69, 9.17) is 4.74 Å². The molecule has 0 radical (unpaired) electrons. The zero-order valence-corrected chi connectivity index (χ0v) is 9.42. The Morgan fingerprint density at radius 1 is 1.47 bits per heavy atom. The minimum Gasteiger partial charge on any atom is -0.370 e. The van der Waals surface area contributed by atoms with E-state index < -0.39 is 0 Å². The molecule has 4 heteroatoms. The summed E-state index contributed by atoms with van der Waals surface area (Å²) in [6, 6.07) is 8.01. The lowest BCUT2D eigenvalue weighted by atomic mass is 10.2. The third kappa shape index (κ3) is 2.33. The Kier molecular flexibility index (Phi) is 3.28. The third-order valence-electron chi connectivity index (χ3n) is 2.35. The van der Waals surface area contributed by atoms with Crippen LogP contribution in [-0.2, 0) is 9.53 Å². The van der Waals surface area contributed by atoms with Gasteiger partial charge in [0.05, 0.1) is 6.61 Å². The summed E-state index contributed by atoms with van der Waals surface area (Å²) in [5.41, 5.74) is 0.968. The van der Waals surface area contributed by atoms with Crippen molar-refractivity contribution in [3.05, 3.63) is 24.3 Å². The number of ether oxygens (including phenoxy) is 1. The monoisotopic (exact) mass is 223 g/mol. The van der Waals surface area contributed by atoms with Crippen molar-refractivity contribution in [3.8, 4) is 0 Å². The highest BCUT2D eigenvalue weighted by Crippen LogP contribution is 2.23. The average molecular weight is 223 g/mol. The van der Waals surface area contributed by atoms with Gasteiger partial charge in [-0.05, 0) is 24.5 Å². The van der Waals surface area contributed by atoms with Crippen molar-refractivity contribution < 1.29 is 9.53 Å². The SMILES string of the molecule is CSc1cccc(N2CCOCC2=O)c1. The molecule has 80 valence electrons. The lowest BCUT2D eigenvalue weighted by molar-refractivity contribution is -0.125. The molecule has 1 aromatic carbocycles. The molecule has 1 fully saturated rings. The highest BCUT2D eigenvalue weighted by atomic mass is 32.2. The molecule has 0 spiro atoms. The highest BCUT2D eigenvalue weighted by molar-refractivity contribution is 7.98. The standard InChI is InChI=1S/C11H13NO2S/c1-15-10-4-2-3-9(7-10)12-5-6-14-8-11(12)13/h2-4,7H,5-6,8H2,1H3. The number of nitrogens with zero attached hydrogens (tertiary/aromatic N) is 1. The van der Waals surface area contributed by atoms with Crippen LogP contribution >= 0.6 is 11.8 Å². The molecule has 0 atom stereocenters. The number of hydrogen-bond acceptors (Lipinski definition) is 3. The Hall–Kier alpha value is -1.00. The summed E-state index contributed by atoms with van der Waals surface area (Å²) in [7, 11) is 0. The quantitative estimate of drug-likeness (QED) is 0.716. The van der Waals surface area contributed by atoms with Gasteiger partial charge in [-0.3, -0.25) is 4.79 Å². The highest BCUT2D eigenvalue weighted by Gasteiger charge is 2.19. The molecule has 0 aromatic heterocycles. The van der Waals surface area contributed by atoms with Gasteiger partial charge in [-0.25, -0.2) is 0 Å². The average Bonchev–Trinajstić information content (AvgIpc) is 2.30. The van der Waals surface area contributed by atoms with Crippen molar-refractivity contribution in [1.82, 2.24) is 0 Å². The molecule has 1 aliphatic heterocycles. The van der Waals surface area contributed by atoms with Gasteiger partial charge in [0.2, 0.25) is 0 Å². The summed E-state index contributed by atoms with van der Waals surface area (Å²) in [4.78, 5) is 14.5. The second kappa shape index (κ2) is 4.68. The Morgan fingerprint density at radius 3 is 3.07 bits per heavy atom. The molecule has 1 aromatic rings. The number of carbonyl (C=O) groups excluding carboxylic acids is 1. The first kappa shape index (κ1) is 10.5. The van der Waals surface area contributed by atoms with Gasteiger partial charge in [0, 0.05) is 17.1 Å². The predicted molar refractivity (Wildman–Crippen MR) is 61.4 cm³/mol. The summed E-state index contributed by atoms with van der Waals surface area (Å²) >= 11 is 1.68. The van der Waals surface area contributed by atoms with Gasteiger partial charge in [0.25, 0.3) is 5.91 Å². The van der Waals surface area contributed by atoms with E-state index in [-0.39, 0.29) is 12.5 Å². The molecular formula is C11H13NO2S. The van der Waals surface area contributed by atoms with E-state index in [1.165, 1.54) is 4.90 Å². The summed E-state index contributed by atoms with van der Waals surface area (Å²) in [5.74, 6) is 0.0412. The number of hydrogen-bond donors (Lipinski definition) is 0. The minimum atomic E-state index is 0.0412. The molecule has 1 aliphatic rings. The molecular weight excluding hydrogens is 210 g/mol. The van der Waals surface area contributed by atoms with E-state index in [0.717, 1.165) is 5.69 Å². The number of amides is 1. The van der Waals surface area contributed by atoms with Gasteiger partial charge in [0.15, 0.2) is 0 Å². The van der Waals surface area contributed by atoms with Crippen LogP contribution in [0.3, 0.4) is 0 Å². The van der Waals surface area contributed by atoms with Crippen LogP contribution in [0.15, 0.2) is 29.2 Å². The van der Waals surface area contributed by atoms with Crippen LogP contribution in [0.1, 0.15) is 0 Å². The van der Waals surface area contributed by atoms with Crippen LogP contribution in [0, 0.1) is 0 Å². The second-order valence-corrected chi connectivity index (χ2v) is 4.18. The molecule has 1 amide bonds. The first-order valence-corrected chi connectivity index (χ1v) is 6.06. The van der Waals surface area contributed by atoms with Crippen molar-refractivity contribution in [2.75, 3.05) is 30.9 Å². The van der Waals surface area contributed by atoms with Crippen molar-refractivity contribution >= 4 is 23.4 Å². The maximum atomic E-state index is 11.6. The van der Waals surface area contributed by atoms with Crippen LogP contribution in [-0.4, -0.2) is 31.9 Å². The first-order valence-electron chi connectivity index (χ1n) is 4.83. The molecule has 0 N–H and O–H groups in total. The molecule has 3 nitrogen and oxygen atoms in total. The first-order chi connectivity index (χ1) is 7.31. The van der Waals surface area contributed by atoms with E-state index in [1.807, 2.05) is 30.5 Å². The Labute approximate surface area is 93.4 Å². The van der Waals surface area contributed by atoms with Gasteiger partial charge in [-0.1, -0.05) is 6.07 Å². The molecule has 15 heavy (non-hydrogen) atoms. The summed E-state index contributed by atoms with van der Waals surface area (Å²) in [6.07, 6.45) is 2.03.